The molecular weight excluding hydrogens is 655 g/mol. The summed E-state index contributed by atoms with van der Waals surface area (Å²) < 4.78 is 2.35. The van der Waals surface area contributed by atoms with E-state index < -0.39 is 5.41 Å². The number of nitrogens with zero attached hydrogens (tertiary/aromatic N) is 3. The van der Waals surface area contributed by atoms with Gasteiger partial charge in [-0.25, -0.2) is 4.98 Å². The van der Waals surface area contributed by atoms with Crippen LogP contribution in [-0.2, 0) is 10.8 Å². The molecule has 11 rings (SSSR count). The summed E-state index contributed by atoms with van der Waals surface area (Å²) in [6.07, 6.45) is 1.97. The molecule has 0 saturated carbocycles. The highest BCUT2D eigenvalue weighted by Crippen LogP contribution is 2.57. The number of para-hydroxylation sites is 3. The Morgan fingerprint density at radius 3 is 1.94 bits per heavy atom. The average molecular weight is 692 g/mol. The summed E-state index contributed by atoms with van der Waals surface area (Å²) in [4.78, 5) is 10.4. The number of benzene rings is 7. The lowest BCUT2D eigenvalue weighted by atomic mass is 9.66. The minimum absolute atomic E-state index is 0.00604. The fourth-order valence-corrected chi connectivity index (χ4v) is 9.35. The van der Waals surface area contributed by atoms with Gasteiger partial charge in [0.1, 0.15) is 5.65 Å². The Hall–Kier alpha value is -6.58. The van der Waals surface area contributed by atoms with Crippen molar-refractivity contribution in [1.29, 1.82) is 0 Å². The van der Waals surface area contributed by atoms with Crippen molar-refractivity contribution in [2.24, 2.45) is 0 Å². The van der Waals surface area contributed by atoms with Gasteiger partial charge in [0.05, 0.1) is 27.7 Å². The lowest BCUT2D eigenvalue weighted by Gasteiger charge is -2.35. The van der Waals surface area contributed by atoms with E-state index in [1.165, 1.54) is 60.5 Å². The number of hydrogen-bond acceptors (Lipinski definition) is 2. The van der Waals surface area contributed by atoms with Crippen LogP contribution in [0, 0.1) is 0 Å². The zero-order valence-corrected chi connectivity index (χ0v) is 30.5. The molecule has 1 aliphatic rings. The molecule has 0 unspecified atom stereocenters. The van der Waals surface area contributed by atoms with Crippen LogP contribution in [0.5, 0.6) is 0 Å². The molecule has 3 aromatic heterocycles. The van der Waals surface area contributed by atoms with Crippen molar-refractivity contribution in [3.63, 3.8) is 0 Å². The number of pyridine rings is 2. The van der Waals surface area contributed by atoms with Gasteiger partial charge in [-0.1, -0.05) is 136 Å². The molecule has 0 spiro atoms. The van der Waals surface area contributed by atoms with Crippen LogP contribution in [0.3, 0.4) is 0 Å². The highest BCUT2D eigenvalue weighted by Gasteiger charge is 2.46. The van der Waals surface area contributed by atoms with Crippen molar-refractivity contribution in [2.45, 2.75) is 31.6 Å². The van der Waals surface area contributed by atoms with E-state index in [0.29, 0.717) is 0 Å². The van der Waals surface area contributed by atoms with Gasteiger partial charge < -0.3 is 0 Å². The molecule has 3 heterocycles. The summed E-state index contributed by atoms with van der Waals surface area (Å²) in [6, 6.07) is 60.5. The third-order valence-electron chi connectivity index (χ3n) is 11.8. The van der Waals surface area contributed by atoms with Gasteiger partial charge in [0.15, 0.2) is 0 Å². The van der Waals surface area contributed by atoms with Crippen LogP contribution in [0.4, 0.5) is 0 Å². The number of fused-ring (bicyclic) bond motifs is 12. The zero-order chi connectivity index (χ0) is 36.2. The van der Waals surface area contributed by atoms with Crippen LogP contribution in [0.1, 0.15) is 48.6 Å². The van der Waals surface area contributed by atoms with Crippen LogP contribution in [0.2, 0.25) is 0 Å². The molecule has 0 radical (unpaired) electrons. The Kier molecular flexibility index (Phi) is 6.43. The molecule has 0 amide bonds. The third-order valence-corrected chi connectivity index (χ3v) is 11.8. The van der Waals surface area contributed by atoms with Crippen molar-refractivity contribution < 1.29 is 0 Å². The first-order valence-corrected chi connectivity index (χ1v) is 18.8. The van der Waals surface area contributed by atoms with Gasteiger partial charge in [0.2, 0.25) is 0 Å². The van der Waals surface area contributed by atoms with E-state index in [1.807, 2.05) is 6.20 Å². The van der Waals surface area contributed by atoms with Crippen LogP contribution in [0.15, 0.2) is 170 Å². The first-order chi connectivity index (χ1) is 26.4. The second-order valence-corrected chi connectivity index (χ2v) is 15.8. The van der Waals surface area contributed by atoms with Crippen molar-refractivity contribution in [3.05, 3.63) is 198 Å². The topological polar surface area (TPSA) is 30.2 Å². The Balaban J connectivity index is 1.30. The van der Waals surface area contributed by atoms with E-state index in [2.05, 4.69) is 189 Å². The molecule has 0 bridgehead atoms. The number of imidazole rings is 1. The number of aromatic nitrogens is 3. The van der Waals surface area contributed by atoms with Gasteiger partial charge in [-0.2, -0.15) is 0 Å². The molecule has 0 aliphatic heterocycles. The molecule has 3 nitrogen and oxygen atoms in total. The molecule has 10 aromatic rings. The molecule has 0 N–H and O–H groups in total. The van der Waals surface area contributed by atoms with Gasteiger partial charge >= 0.3 is 0 Å². The minimum Gasteiger partial charge on any atom is -0.292 e. The molecule has 0 atom stereocenters. The third kappa shape index (κ3) is 4.24. The van der Waals surface area contributed by atoms with Gasteiger partial charge in [0, 0.05) is 22.5 Å². The van der Waals surface area contributed by atoms with Crippen molar-refractivity contribution in [1.82, 2.24) is 14.4 Å². The van der Waals surface area contributed by atoms with Crippen molar-refractivity contribution >= 4 is 49.1 Å². The summed E-state index contributed by atoms with van der Waals surface area (Å²) in [6.45, 7) is 6.81. The Bertz CT molecular complexity index is 3110. The molecule has 7 aromatic carbocycles. The van der Waals surface area contributed by atoms with Crippen molar-refractivity contribution in [3.8, 4) is 22.4 Å². The Morgan fingerprint density at radius 1 is 0.500 bits per heavy atom. The zero-order valence-electron chi connectivity index (χ0n) is 30.5. The molecular formula is C51H37N3. The minimum atomic E-state index is -0.615. The summed E-state index contributed by atoms with van der Waals surface area (Å²) in [5.41, 5.74) is 14.6. The van der Waals surface area contributed by atoms with E-state index in [-0.39, 0.29) is 5.41 Å². The van der Waals surface area contributed by atoms with E-state index in [0.717, 1.165) is 38.8 Å². The second kappa shape index (κ2) is 11.2. The maximum Gasteiger partial charge on any atom is 0.146 e. The fourth-order valence-electron chi connectivity index (χ4n) is 9.35. The summed E-state index contributed by atoms with van der Waals surface area (Å²) >= 11 is 0. The quantitative estimate of drug-likeness (QED) is 0.173. The largest absolute Gasteiger partial charge is 0.292 e. The maximum absolute atomic E-state index is 5.32. The number of hydrogen-bond donors (Lipinski definition) is 0. The predicted octanol–water partition coefficient (Wildman–Crippen LogP) is 12.7. The van der Waals surface area contributed by atoms with Gasteiger partial charge in [0.25, 0.3) is 0 Å². The standard InChI is InChI=1S/C51H37N3/c1-50(2,3)33-26-27-52-46(31-33)41-30-35(28-32-14-4-5-15-36(32)41)51(43-19-9-6-16-38(43)39-17-7-10-20-44(39)51)34-24-25-37-40-18-8-12-22-47(40)54-48-23-13-11-21-45(48)53-49(54)42(37)29-34/h4-31H,1-3H3. The SMILES string of the molecule is CC(C)(C)c1ccnc(-c2cc(C3(c4ccc5c6ccccc6n6c7ccccc7nc6c5c4)c4ccccc4-c4ccccc43)cc3ccccc23)c1. The molecule has 256 valence electrons. The normalized spacial score (nSPS) is 13.6. The van der Waals surface area contributed by atoms with Crippen LogP contribution in [0.25, 0.3) is 71.5 Å². The van der Waals surface area contributed by atoms with E-state index in [9.17, 15) is 0 Å². The molecule has 3 heteroatoms. The molecule has 0 saturated heterocycles. The fraction of sp³-hybridized carbons (Fsp3) is 0.0980. The molecule has 0 fully saturated rings. The van der Waals surface area contributed by atoms with Crippen LogP contribution in [-0.4, -0.2) is 14.4 Å². The predicted molar refractivity (Wildman–Crippen MR) is 224 cm³/mol. The van der Waals surface area contributed by atoms with Gasteiger partial charge in [-0.3, -0.25) is 9.38 Å². The second-order valence-electron chi connectivity index (χ2n) is 15.8. The average Bonchev–Trinajstić information content (AvgIpc) is 3.75. The van der Waals surface area contributed by atoms with E-state index >= 15 is 0 Å². The maximum atomic E-state index is 5.32. The van der Waals surface area contributed by atoms with Crippen LogP contribution >= 0.6 is 0 Å². The van der Waals surface area contributed by atoms with E-state index in [4.69, 9.17) is 9.97 Å². The lowest BCUT2D eigenvalue weighted by Crippen LogP contribution is -2.28. The smallest absolute Gasteiger partial charge is 0.146 e. The molecule has 54 heavy (non-hydrogen) atoms. The van der Waals surface area contributed by atoms with Crippen LogP contribution < -0.4 is 0 Å². The van der Waals surface area contributed by atoms with Gasteiger partial charge in [-0.05, 0) is 109 Å². The highest BCUT2D eigenvalue weighted by atomic mass is 15.0. The first-order valence-electron chi connectivity index (χ1n) is 18.8. The Morgan fingerprint density at radius 2 is 1.17 bits per heavy atom. The summed E-state index contributed by atoms with van der Waals surface area (Å²) in [7, 11) is 0. The van der Waals surface area contributed by atoms with Gasteiger partial charge in [-0.15, -0.1) is 0 Å². The first kappa shape index (κ1) is 31.0. The highest BCUT2D eigenvalue weighted by molar-refractivity contribution is 6.14. The van der Waals surface area contributed by atoms with E-state index in [1.54, 1.807) is 0 Å². The lowest BCUT2D eigenvalue weighted by molar-refractivity contribution is 0.589. The number of rotatable bonds is 3. The monoisotopic (exact) mass is 691 g/mol. The summed E-state index contributed by atoms with van der Waals surface area (Å²) in [5.74, 6) is 0. The summed E-state index contributed by atoms with van der Waals surface area (Å²) in [5, 5.41) is 5.96. The van der Waals surface area contributed by atoms with Crippen molar-refractivity contribution in [2.75, 3.05) is 0 Å². The molecule has 1 aliphatic carbocycles. The Labute approximate surface area is 314 Å².